The number of benzene rings is 1. The highest BCUT2D eigenvalue weighted by Crippen LogP contribution is 2.59. The van der Waals surface area contributed by atoms with Crippen LogP contribution < -0.4 is 0 Å². The molecule has 5 rings (SSSR count). The number of hydrogen-bond donors (Lipinski definition) is 0. The number of piperidine rings is 1. The van der Waals surface area contributed by atoms with Gasteiger partial charge < -0.3 is 9.47 Å². The standard InChI is InChI=1S/C25H28F3N5.ClH/c1-17-13-18(10-11-29-17)23-31-30-22(32(23)2)5-3-4-12-33-15-21-14-24(21,16-33)19-6-8-20(9-7-19)25(26,27)28;/h6-11,13,21H,3-5,12,14-16H2,1-2H3;1H/t21-,24+;/m0./s1. The number of pyridine rings is 1. The van der Waals surface area contributed by atoms with Crippen LogP contribution in [0.1, 0.15) is 41.9 Å². The first-order chi connectivity index (χ1) is 15.8. The molecule has 182 valence electrons. The highest BCUT2D eigenvalue weighted by atomic mass is 35.5. The van der Waals surface area contributed by atoms with Gasteiger partial charge in [-0.1, -0.05) is 12.1 Å². The van der Waals surface area contributed by atoms with E-state index >= 15 is 0 Å². The lowest BCUT2D eigenvalue weighted by Gasteiger charge is -2.21. The lowest BCUT2D eigenvalue weighted by Crippen LogP contribution is -2.27. The minimum absolute atomic E-state index is 0. The molecule has 1 aliphatic heterocycles. The number of fused-ring (bicyclic) bond motifs is 1. The normalized spacial score (nSPS) is 21.9. The van der Waals surface area contributed by atoms with Crippen LogP contribution in [0.15, 0.2) is 42.6 Å². The number of hydrogen-bond acceptors (Lipinski definition) is 4. The van der Waals surface area contributed by atoms with Crippen molar-refractivity contribution in [1.29, 1.82) is 0 Å². The largest absolute Gasteiger partial charge is 0.416 e. The third-order valence-electron chi connectivity index (χ3n) is 7.25. The van der Waals surface area contributed by atoms with E-state index in [4.69, 9.17) is 0 Å². The van der Waals surface area contributed by atoms with Crippen molar-refractivity contribution in [2.24, 2.45) is 13.0 Å². The van der Waals surface area contributed by atoms with Gasteiger partial charge in [0, 0.05) is 49.4 Å². The Balaban J connectivity index is 0.00000274. The second kappa shape index (κ2) is 9.30. The first-order valence-electron chi connectivity index (χ1n) is 11.5. The van der Waals surface area contributed by atoms with E-state index < -0.39 is 11.7 Å². The van der Waals surface area contributed by atoms with E-state index in [1.807, 2.05) is 26.1 Å². The average molecular weight is 492 g/mol. The molecule has 3 aromatic rings. The smallest absolute Gasteiger partial charge is 0.314 e. The van der Waals surface area contributed by atoms with Crippen LogP contribution in [0, 0.1) is 12.8 Å². The maximum Gasteiger partial charge on any atom is 0.416 e. The van der Waals surface area contributed by atoms with Gasteiger partial charge in [-0.25, -0.2) is 0 Å². The summed E-state index contributed by atoms with van der Waals surface area (Å²) < 4.78 is 40.7. The minimum atomic E-state index is -4.28. The fourth-order valence-electron chi connectivity index (χ4n) is 5.33. The van der Waals surface area contributed by atoms with Gasteiger partial charge in [-0.2, -0.15) is 13.2 Å². The van der Waals surface area contributed by atoms with Gasteiger partial charge in [0.15, 0.2) is 5.82 Å². The van der Waals surface area contributed by atoms with Crippen LogP contribution in [-0.2, 0) is 25.1 Å². The molecule has 0 bridgehead atoms. The number of nitrogens with zero attached hydrogens (tertiary/aromatic N) is 5. The van der Waals surface area contributed by atoms with Gasteiger partial charge in [0.25, 0.3) is 0 Å². The Morgan fingerprint density at radius 1 is 1.09 bits per heavy atom. The minimum Gasteiger partial charge on any atom is -0.314 e. The molecule has 5 nitrogen and oxygen atoms in total. The van der Waals surface area contributed by atoms with E-state index in [0.29, 0.717) is 5.92 Å². The number of aryl methyl sites for hydroxylation is 2. The predicted molar refractivity (Wildman–Crippen MR) is 127 cm³/mol. The molecule has 1 saturated heterocycles. The molecule has 1 aromatic carbocycles. The van der Waals surface area contributed by atoms with Gasteiger partial charge in [-0.05, 0) is 68.5 Å². The highest BCUT2D eigenvalue weighted by Gasteiger charge is 2.60. The van der Waals surface area contributed by atoms with Crippen molar-refractivity contribution >= 4 is 12.4 Å². The second-order valence-corrected chi connectivity index (χ2v) is 9.51. The molecular formula is C25H29ClF3N5. The Morgan fingerprint density at radius 3 is 2.56 bits per heavy atom. The average Bonchev–Trinajstić information content (AvgIpc) is 3.15. The van der Waals surface area contributed by atoms with Crippen LogP contribution in [0.2, 0.25) is 0 Å². The summed E-state index contributed by atoms with van der Waals surface area (Å²) in [5, 5.41) is 8.75. The molecule has 3 heterocycles. The molecule has 2 aliphatic rings. The van der Waals surface area contributed by atoms with Crippen LogP contribution in [-0.4, -0.2) is 44.3 Å². The van der Waals surface area contributed by atoms with Gasteiger partial charge in [0.05, 0.1) is 5.56 Å². The van der Waals surface area contributed by atoms with Gasteiger partial charge in [-0.3, -0.25) is 4.98 Å². The zero-order valence-electron chi connectivity index (χ0n) is 19.3. The van der Waals surface area contributed by atoms with Crippen molar-refractivity contribution in [2.75, 3.05) is 19.6 Å². The molecule has 0 amide bonds. The maximum absolute atomic E-state index is 12.9. The fourth-order valence-corrected chi connectivity index (χ4v) is 5.33. The van der Waals surface area contributed by atoms with Crippen molar-refractivity contribution in [3.63, 3.8) is 0 Å². The van der Waals surface area contributed by atoms with Crippen molar-refractivity contribution < 1.29 is 13.2 Å². The summed E-state index contributed by atoms with van der Waals surface area (Å²) in [6, 6.07) is 9.78. The molecule has 2 aromatic heterocycles. The monoisotopic (exact) mass is 491 g/mol. The molecule has 34 heavy (non-hydrogen) atoms. The summed E-state index contributed by atoms with van der Waals surface area (Å²) in [4.78, 5) is 6.70. The summed E-state index contributed by atoms with van der Waals surface area (Å²) in [6.45, 7) is 4.95. The Labute approximate surface area is 203 Å². The van der Waals surface area contributed by atoms with E-state index in [9.17, 15) is 13.2 Å². The van der Waals surface area contributed by atoms with Gasteiger partial charge in [0.1, 0.15) is 5.82 Å². The Kier molecular flexibility index (Phi) is 6.75. The third-order valence-corrected chi connectivity index (χ3v) is 7.25. The van der Waals surface area contributed by atoms with Crippen LogP contribution in [0.5, 0.6) is 0 Å². The number of rotatable bonds is 7. The molecule has 0 unspecified atom stereocenters. The first-order valence-corrected chi connectivity index (χ1v) is 11.5. The quantitative estimate of drug-likeness (QED) is 0.425. The number of aromatic nitrogens is 4. The molecule has 0 radical (unpaired) electrons. The van der Waals surface area contributed by atoms with Crippen LogP contribution >= 0.6 is 12.4 Å². The summed E-state index contributed by atoms with van der Waals surface area (Å²) in [6.07, 6.45) is 1.56. The SMILES string of the molecule is Cc1cc(-c2nnc(CCCCN3C[C@@H]4C[C@]4(c4ccc(C(F)(F)F)cc4)C3)n2C)ccn1.Cl. The summed E-state index contributed by atoms with van der Waals surface area (Å²) in [7, 11) is 2.00. The molecule has 2 fully saturated rings. The van der Waals surface area contributed by atoms with Crippen molar-refractivity contribution in [3.8, 4) is 11.4 Å². The number of likely N-dealkylation sites (tertiary alicyclic amines) is 1. The van der Waals surface area contributed by atoms with E-state index in [0.717, 1.165) is 73.8 Å². The fraction of sp³-hybridized carbons (Fsp3) is 0.480. The Morgan fingerprint density at radius 2 is 1.85 bits per heavy atom. The molecule has 1 saturated carbocycles. The zero-order chi connectivity index (χ0) is 23.2. The number of unbranched alkanes of at least 4 members (excludes halogenated alkanes) is 1. The number of halogens is 4. The Bertz CT molecular complexity index is 1140. The van der Waals surface area contributed by atoms with E-state index in [1.54, 1.807) is 18.3 Å². The van der Waals surface area contributed by atoms with Crippen molar-refractivity contribution in [2.45, 2.75) is 44.2 Å². The van der Waals surface area contributed by atoms with Gasteiger partial charge >= 0.3 is 6.18 Å². The zero-order valence-corrected chi connectivity index (χ0v) is 20.2. The lowest BCUT2D eigenvalue weighted by molar-refractivity contribution is -0.137. The lowest BCUT2D eigenvalue weighted by atomic mass is 9.94. The van der Waals surface area contributed by atoms with Crippen LogP contribution in [0.4, 0.5) is 13.2 Å². The molecular weight excluding hydrogens is 463 g/mol. The van der Waals surface area contributed by atoms with E-state index in [1.165, 1.54) is 12.1 Å². The van der Waals surface area contributed by atoms with Crippen LogP contribution in [0.25, 0.3) is 11.4 Å². The molecule has 9 heteroatoms. The molecule has 0 N–H and O–H groups in total. The van der Waals surface area contributed by atoms with Gasteiger partial charge in [-0.15, -0.1) is 22.6 Å². The summed E-state index contributed by atoms with van der Waals surface area (Å²) >= 11 is 0. The highest BCUT2D eigenvalue weighted by molar-refractivity contribution is 5.85. The molecule has 2 atom stereocenters. The van der Waals surface area contributed by atoms with Crippen molar-refractivity contribution in [1.82, 2.24) is 24.6 Å². The predicted octanol–water partition coefficient (Wildman–Crippen LogP) is 5.22. The van der Waals surface area contributed by atoms with E-state index in [-0.39, 0.29) is 17.8 Å². The van der Waals surface area contributed by atoms with Crippen LogP contribution in [0.3, 0.4) is 0 Å². The van der Waals surface area contributed by atoms with Crippen molar-refractivity contribution in [3.05, 3.63) is 65.2 Å². The Hall–Kier alpha value is -2.45. The summed E-state index contributed by atoms with van der Waals surface area (Å²) in [5.74, 6) is 2.40. The molecule has 1 aliphatic carbocycles. The summed E-state index contributed by atoms with van der Waals surface area (Å²) in [5.41, 5.74) is 2.52. The van der Waals surface area contributed by atoms with Gasteiger partial charge in [0.2, 0.25) is 0 Å². The maximum atomic E-state index is 12.9. The van der Waals surface area contributed by atoms with E-state index in [2.05, 4.69) is 24.6 Å². The third kappa shape index (κ3) is 4.70. The topological polar surface area (TPSA) is 46.8 Å². The second-order valence-electron chi connectivity index (χ2n) is 9.51. The molecule has 0 spiro atoms. The number of alkyl halides is 3. The first kappa shape index (κ1) is 24.7.